The summed E-state index contributed by atoms with van der Waals surface area (Å²) in [4.78, 5) is 44.2. The van der Waals surface area contributed by atoms with Crippen LogP contribution in [-0.4, -0.2) is 62.9 Å². The number of hydrazine groups is 1. The quantitative estimate of drug-likeness (QED) is 0.638. The molecular weight excluding hydrogens is 432 g/mol. The summed E-state index contributed by atoms with van der Waals surface area (Å²) in [6.07, 6.45) is 8.25. The third-order valence-corrected chi connectivity index (χ3v) is 7.62. The number of likely N-dealkylation sites (tertiary alicyclic amines) is 1. The summed E-state index contributed by atoms with van der Waals surface area (Å²) in [6, 6.07) is 10.1. The number of carbonyl (C=O) groups excluding carboxylic acids is 3. The van der Waals surface area contributed by atoms with Gasteiger partial charge >= 0.3 is 0 Å². The zero-order valence-electron chi connectivity index (χ0n) is 19.1. The monoisotopic (exact) mass is 460 g/mol. The second-order valence-electron chi connectivity index (χ2n) is 9.72. The van der Waals surface area contributed by atoms with Crippen LogP contribution in [0.4, 0.5) is 0 Å². The molecule has 4 heterocycles. The van der Waals surface area contributed by atoms with Crippen molar-refractivity contribution in [3.05, 3.63) is 59.4 Å². The van der Waals surface area contributed by atoms with Gasteiger partial charge in [-0.1, -0.05) is 0 Å². The van der Waals surface area contributed by atoms with Crippen molar-refractivity contribution in [1.29, 1.82) is 0 Å². The lowest BCUT2D eigenvalue weighted by molar-refractivity contribution is -0.163. The topological polar surface area (TPSA) is 83.1 Å². The van der Waals surface area contributed by atoms with E-state index >= 15 is 0 Å². The normalized spacial score (nSPS) is 25.6. The van der Waals surface area contributed by atoms with Crippen molar-refractivity contribution in [2.45, 2.75) is 63.1 Å². The smallest absolute Gasteiger partial charge is 0.273 e. The number of carbonyl (C=O) groups is 3. The molecule has 1 aliphatic carbocycles. The average molecular weight is 461 g/mol. The molecule has 1 saturated carbocycles. The van der Waals surface area contributed by atoms with Gasteiger partial charge in [-0.3, -0.25) is 24.3 Å². The Labute approximate surface area is 198 Å². The molecule has 4 aliphatic rings. The summed E-state index contributed by atoms with van der Waals surface area (Å²) in [5.41, 5.74) is 2.68. The first-order valence-electron chi connectivity index (χ1n) is 12.2. The number of rotatable bonds is 5. The Bertz CT molecular complexity index is 1110. The van der Waals surface area contributed by atoms with E-state index in [2.05, 4.69) is 22.0 Å². The molecule has 1 aromatic carbocycles. The highest BCUT2D eigenvalue weighted by Crippen LogP contribution is 2.37. The maximum absolute atomic E-state index is 12.9. The number of imide groups is 1. The number of hydrogen-bond acceptors (Lipinski definition) is 6. The summed E-state index contributed by atoms with van der Waals surface area (Å²) in [5, 5.41) is 2.33. The Morgan fingerprint density at radius 3 is 2.44 bits per heavy atom. The van der Waals surface area contributed by atoms with Crippen LogP contribution in [0, 0.1) is 0 Å². The van der Waals surface area contributed by atoms with Crippen molar-refractivity contribution in [3.8, 4) is 5.75 Å². The minimum atomic E-state index is -0.303. The Kier molecular flexibility index (Phi) is 5.32. The molecule has 1 aromatic heterocycles. The molecule has 0 bridgehead atoms. The van der Waals surface area contributed by atoms with Gasteiger partial charge in [0.25, 0.3) is 5.91 Å². The van der Waals surface area contributed by atoms with E-state index in [0.29, 0.717) is 36.8 Å². The largest absolute Gasteiger partial charge is 0.489 e. The SMILES string of the molecule is O=C1c2ccc(O[C@@H]3CCC[C@H]3N3CC(c4ccncc4)C3)cc2CN1N1C(=O)CCCC1=O. The Morgan fingerprint density at radius 2 is 1.68 bits per heavy atom. The van der Waals surface area contributed by atoms with E-state index in [-0.39, 0.29) is 30.4 Å². The van der Waals surface area contributed by atoms with Crippen molar-refractivity contribution in [1.82, 2.24) is 19.9 Å². The summed E-state index contributed by atoms with van der Waals surface area (Å²) in [6.45, 7) is 2.30. The highest BCUT2D eigenvalue weighted by molar-refractivity contribution is 6.04. The standard InChI is InChI=1S/C26H28N4O4/c31-24-5-2-6-25(32)30(24)29-16-18-13-20(7-8-21(18)26(29)33)34-23-4-1-3-22(23)28-14-19(15-28)17-9-11-27-12-10-17/h7-13,19,22-23H,1-6,14-16H2/t22-,23-/m1/s1. The molecular formula is C26H28N4O4. The maximum atomic E-state index is 12.9. The van der Waals surface area contributed by atoms with Crippen LogP contribution in [0.5, 0.6) is 5.75 Å². The summed E-state index contributed by atoms with van der Waals surface area (Å²) < 4.78 is 6.44. The van der Waals surface area contributed by atoms with E-state index in [1.54, 1.807) is 6.07 Å². The molecule has 3 fully saturated rings. The summed E-state index contributed by atoms with van der Waals surface area (Å²) in [7, 11) is 0. The molecule has 3 amide bonds. The third-order valence-electron chi connectivity index (χ3n) is 7.62. The molecule has 0 radical (unpaired) electrons. The number of hydrogen-bond donors (Lipinski definition) is 0. The molecule has 0 spiro atoms. The van der Waals surface area contributed by atoms with E-state index in [1.165, 1.54) is 10.6 Å². The molecule has 3 aliphatic heterocycles. The van der Waals surface area contributed by atoms with Gasteiger partial charge in [-0.15, -0.1) is 0 Å². The predicted octanol–water partition coefficient (Wildman–Crippen LogP) is 2.89. The Morgan fingerprint density at radius 1 is 0.912 bits per heavy atom. The Hall–Kier alpha value is -3.26. The van der Waals surface area contributed by atoms with Crippen LogP contribution < -0.4 is 4.74 Å². The van der Waals surface area contributed by atoms with E-state index in [1.807, 2.05) is 24.5 Å². The van der Waals surface area contributed by atoms with Crippen molar-refractivity contribution in [3.63, 3.8) is 0 Å². The van der Waals surface area contributed by atoms with Gasteiger partial charge in [0.1, 0.15) is 11.9 Å². The fraction of sp³-hybridized carbons (Fsp3) is 0.462. The lowest BCUT2D eigenvalue weighted by Crippen LogP contribution is -2.54. The van der Waals surface area contributed by atoms with Crippen LogP contribution in [0.2, 0.25) is 0 Å². The molecule has 6 rings (SSSR count). The molecule has 8 heteroatoms. The number of amides is 3. The van der Waals surface area contributed by atoms with Gasteiger partial charge in [-0.05, 0) is 67.1 Å². The number of benzene rings is 1. The van der Waals surface area contributed by atoms with E-state index in [0.717, 1.165) is 48.7 Å². The van der Waals surface area contributed by atoms with Crippen LogP contribution >= 0.6 is 0 Å². The van der Waals surface area contributed by atoms with Gasteiger partial charge in [0, 0.05) is 55.8 Å². The van der Waals surface area contributed by atoms with Gasteiger partial charge < -0.3 is 4.74 Å². The van der Waals surface area contributed by atoms with Crippen molar-refractivity contribution < 1.29 is 19.1 Å². The molecule has 2 saturated heterocycles. The van der Waals surface area contributed by atoms with Crippen LogP contribution in [0.25, 0.3) is 0 Å². The average Bonchev–Trinajstić information content (AvgIpc) is 3.38. The number of piperidine rings is 1. The highest BCUT2D eigenvalue weighted by Gasteiger charge is 2.42. The molecule has 176 valence electrons. The summed E-state index contributed by atoms with van der Waals surface area (Å²) in [5.74, 6) is 0.394. The first-order chi connectivity index (χ1) is 16.6. The van der Waals surface area contributed by atoms with Gasteiger partial charge in [-0.2, -0.15) is 5.01 Å². The van der Waals surface area contributed by atoms with E-state index < -0.39 is 0 Å². The van der Waals surface area contributed by atoms with Gasteiger partial charge in [0.2, 0.25) is 11.8 Å². The fourth-order valence-corrected chi connectivity index (χ4v) is 5.79. The van der Waals surface area contributed by atoms with Crippen LogP contribution in [-0.2, 0) is 16.1 Å². The number of nitrogens with zero attached hydrogens (tertiary/aromatic N) is 4. The molecule has 8 nitrogen and oxygen atoms in total. The van der Waals surface area contributed by atoms with Crippen LogP contribution in [0.1, 0.15) is 65.9 Å². The molecule has 2 atom stereocenters. The molecule has 34 heavy (non-hydrogen) atoms. The highest BCUT2D eigenvalue weighted by atomic mass is 16.5. The fourth-order valence-electron chi connectivity index (χ4n) is 5.79. The van der Waals surface area contributed by atoms with Gasteiger partial charge in [0.05, 0.1) is 6.54 Å². The number of fused-ring (bicyclic) bond motifs is 1. The Balaban J connectivity index is 1.12. The van der Waals surface area contributed by atoms with Crippen molar-refractivity contribution in [2.75, 3.05) is 13.1 Å². The number of pyridine rings is 1. The van der Waals surface area contributed by atoms with Crippen molar-refractivity contribution >= 4 is 17.7 Å². The van der Waals surface area contributed by atoms with Crippen molar-refractivity contribution in [2.24, 2.45) is 0 Å². The second-order valence-corrected chi connectivity index (χ2v) is 9.72. The zero-order valence-corrected chi connectivity index (χ0v) is 19.1. The third kappa shape index (κ3) is 3.66. The second kappa shape index (κ2) is 8.51. The van der Waals surface area contributed by atoms with Gasteiger partial charge in [0.15, 0.2) is 0 Å². The first kappa shape index (κ1) is 21.3. The molecule has 2 aromatic rings. The number of aromatic nitrogens is 1. The number of ether oxygens (including phenoxy) is 1. The first-order valence-corrected chi connectivity index (χ1v) is 12.2. The lowest BCUT2D eigenvalue weighted by Gasteiger charge is -2.45. The van der Waals surface area contributed by atoms with E-state index in [4.69, 9.17) is 4.74 Å². The minimum absolute atomic E-state index is 0.120. The minimum Gasteiger partial charge on any atom is -0.489 e. The zero-order chi connectivity index (χ0) is 23.2. The summed E-state index contributed by atoms with van der Waals surface area (Å²) >= 11 is 0. The molecule has 0 N–H and O–H groups in total. The van der Waals surface area contributed by atoms with Crippen LogP contribution in [0.15, 0.2) is 42.7 Å². The maximum Gasteiger partial charge on any atom is 0.273 e. The van der Waals surface area contributed by atoms with Crippen LogP contribution in [0.3, 0.4) is 0 Å². The van der Waals surface area contributed by atoms with Gasteiger partial charge in [-0.25, -0.2) is 5.01 Å². The lowest BCUT2D eigenvalue weighted by atomic mass is 9.90. The molecule has 0 unspecified atom stereocenters. The predicted molar refractivity (Wildman–Crippen MR) is 123 cm³/mol. The van der Waals surface area contributed by atoms with E-state index in [9.17, 15) is 14.4 Å².